The molecule has 9 nitrogen and oxygen atoms in total. The number of carbonyl (C=O) groups excluding carboxylic acids is 2. The summed E-state index contributed by atoms with van der Waals surface area (Å²) in [6.45, 7) is 0. The molecule has 0 fully saturated rings. The van der Waals surface area contributed by atoms with Crippen LogP contribution in [0, 0.1) is 0 Å². The Morgan fingerprint density at radius 3 is 2.33 bits per heavy atom. The standard InChI is InChI=1S/C21H15Cl3N4O5/c22-12-4-1-3-10(7-12)18(29)26-15(20(31)32)8-11-9-25-21(33)28-17(11)27-19(30)16-13(23)5-2-6-14(16)24/h1-7,9,15H,8H2,(H,26,29)(H,31,32)(H2,25,27,28,30,33)/t15-/m0/s1. The number of halogens is 3. The highest BCUT2D eigenvalue weighted by atomic mass is 35.5. The average molecular weight is 510 g/mol. The summed E-state index contributed by atoms with van der Waals surface area (Å²) in [5.74, 6) is -2.97. The van der Waals surface area contributed by atoms with E-state index in [1.165, 1.54) is 30.5 Å². The minimum atomic E-state index is -1.41. The van der Waals surface area contributed by atoms with Crippen LogP contribution in [0.15, 0.2) is 53.5 Å². The van der Waals surface area contributed by atoms with Crippen LogP contribution >= 0.6 is 34.8 Å². The summed E-state index contributed by atoms with van der Waals surface area (Å²) in [5.41, 5.74) is -0.521. The van der Waals surface area contributed by atoms with Gasteiger partial charge in [0.2, 0.25) is 0 Å². The van der Waals surface area contributed by atoms with Gasteiger partial charge in [-0.15, -0.1) is 0 Å². The summed E-state index contributed by atoms with van der Waals surface area (Å²) < 4.78 is 0. The van der Waals surface area contributed by atoms with Gasteiger partial charge in [0.1, 0.15) is 11.9 Å². The van der Waals surface area contributed by atoms with Gasteiger partial charge in [0, 0.05) is 28.8 Å². The first-order valence-corrected chi connectivity index (χ1v) is 10.4. The van der Waals surface area contributed by atoms with Gasteiger partial charge < -0.3 is 20.7 Å². The van der Waals surface area contributed by atoms with E-state index in [2.05, 4.69) is 20.6 Å². The molecule has 0 aliphatic rings. The Morgan fingerprint density at radius 2 is 1.70 bits per heavy atom. The highest BCUT2D eigenvalue weighted by molar-refractivity contribution is 6.40. The molecule has 0 radical (unpaired) electrons. The van der Waals surface area contributed by atoms with Crippen molar-refractivity contribution in [2.45, 2.75) is 12.5 Å². The Labute approximate surface area is 201 Å². The van der Waals surface area contributed by atoms with Gasteiger partial charge >= 0.3 is 11.7 Å². The maximum Gasteiger partial charge on any atom is 0.346 e. The number of hydrogen-bond donors (Lipinski definition) is 4. The van der Waals surface area contributed by atoms with Gasteiger partial charge in [-0.2, -0.15) is 4.98 Å². The zero-order chi connectivity index (χ0) is 24.1. The fraction of sp³-hybridized carbons (Fsp3) is 0.0952. The normalized spacial score (nSPS) is 11.5. The first-order valence-electron chi connectivity index (χ1n) is 9.29. The maximum atomic E-state index is 12.7. The van der Waals surface area contributed by atoms with Crippen LogP contribution < -0.4 is 16.3 Å². The lowest BCUT2D eigenvalue weighted by Crippen LogP contribution is -2.42. The summed E-state index contributed by atoms with van der Waals surface area (Å²) in [4.78, 5) is 54.7. The fourth-order valence-corrected chi connectivity index (χ4v) is 3.62. The van der Waals surface area contributed by atoms with Crippen LogP contribution in [0.25, 0.3) is 0 Å². The third kappa shape index (κ3) is 6.10. The van der Waals surface area contributed by atoms with E-state index in [0.29, 0.717) is 5.02 Å². The first-order chi connectivity index (χ1) is 15.7. The van der Waals surface area contributed by atoms with Crippen molar-refractivity contribution in [3.05, 3.63) is 90.9 Å². The fourth-order valence-electron chi connectivity index (χ4n) is 2.86. The lowest BCUT2D eigenvalue weighted by Gasteiger charge is -2.17. The van der Waals surface area contributed by atoms with Gasteiger partial charge in [0.25, 0.3) is 11.8 Å². The molecule has 3 rings (SSSR count). The van der Waals surface area contributed by atoms with E-state index < -0.39 is 29.5 Å². The quantitative estimate of drug-likeness (QED) is 0.385. The number of aromatic nitrogens is 2. The second-order valence-electron chi connectivity index (χ2n) is 6.71. The summed E-state index contributed by atoms with van der Waals surface area (Å²) in [5, 5.41) is 14.9. The van der Waals surface area contributed by atoms with E-state index in [0.717, 1.165) is 0 Å². The zero-order valence-electron chi connectivity index (χ0n) is 16.6. The maximum absolute atomic E-state index is 12.7. The molecule has 2 amide bonds. The number of H-pyrrole nitrogens is 1. The van der Waals surface area contributed by atoms with Crippen molar-refractivity contribution in [3.63, 3.8) is 0 Å². The van der Waals surface area contributed by atoms with E-state index in [1.54, 1.807) is 18.2 Å². The second-order valence-corrected chi connectivity index (χ2v) is 7.96. The SMILES string of the molecule is O=C(N[C@@H](Cc1c[nH]c(=O)nc1NC(=O)c1c(Cl)cccc1Cl)C(=O)O)c1cccc(Cl)c1. The number of amides is 2. The van der Waals surface area contributed by atoms with Crippen molar-refractivity contribution in [1.29, 1.82) is 0 Å². The number of hydrogen-bond acceptors (Lipinski definition) is 5. The number of aliphatic carboxylic acids is 1. The van der Waals surface area contributed by atoms with Crippen LogP contribution in [0.1, 0.15) is 26.3 Å². The molecule has 0 aliphatic carbocycles. The summed E-state index contributed by atoms with van der Waals surface area (Å²) in [7, 11) is 0. The first kappa shape index (κ1) is 24.2. The molecule has 0 unspecified atom stereocenters. The Balaban J connectivity index is 1.86. The van der Waals surface area contributed by atoms with Crippen LogP contribution in [0.3, 0.4) is 0 Å². The minimum absolute atomic E-state index is 0.0436. The molecular weight excluding hydrogens is 495 g/mol. The monoisotopic (exact) mass is 508 g/mol. The van der Waals surface area contributed by atoms with Gasteiger partial charge in [0.15, 0.2) is 0 Å². The lowest BCUT2D eigenvalue weighted by molar-refractivity contribution is -0.139. The molecule has 0 bridgehead atoms. The topological polar surface area (TPSA) is 141 Å². The molecule has 0 spiro atoms. The second kappa shape index (κ2) is 10.5. The number of carboxylic acids is 1. The van der Waals surface area contributed by atoms with Gasteiger partial charge in [-0.1, -0.05) is 46.9 Å². The Bertz CT molecular complexity index is 1270. The van der Waals surface area contributed by atoms with Crippen molar-refractivity contribution < 1.29 is 19.5 Å². The number of nitrogens with one attached hydrogen (secondary N) is 3. The van der Waals surface area contributed by atoms with E-state index in [1.807, 2.05) is 0 Å². The summed E-state index contributed by atoms with van der Waals surface area (Å²) >= 11 is 18.0. The molecule has 33 heavy (non-hydrogen) atoms. The van der Waals surface area contributed by atoms with Crippen molar-refractivity contribution in [2.24, 2.45) is 0 Å². The van der Waals surface area contributed by atoms with Crippen LogP contribution in [0.2, 0.25) is 15.1 Å². The predicted molar refractivity (Wildman–Crippen MR) is 123 cm³/mol. The van der Waals surface area contributed by atoms with Gasteiger partial charge in [-0.05, 0) is 30.3 Å². The highest BCUT2D eigenvalue weighted by Gasteiger charge is 2.24. The van der Waals surface area contributed by atoms with Crippen LogP contribution in [0.5, 0.6) is 0 Å². The molecule has 0 aliphatic heterocycles. The smallest absolute Gasteiger partial charge is 0.346 e. The number of aromatic amines is 1. The summed E-state index contributed by atoms with van der Waals surface area (Å²) in [6, 6.07) is 9.03. The highest BCUT2D eigenvalue weighted by Crippen LogP contribution is 2.25. The van der Waals surface area contributed by atoms with Crippen molar-refractivity contribution in [3.8, 4) is 0 Å². The number of carboxylic acid groups (broad SMARTS) is 1. The van der Waals surface area contributed by atoms with Crippen LogP contribution in [-0.4, -0.2) is 38.9 Å². The average Bonchev–Trinajstić information content (AvgIpc) is 2.74. The lowest BCUT2D eigenvalue weighted by atomic mass is 10.1. The molecule has 2 aromatic carbocycles. The molecule has 1 aromatic heterocycles. The van der Waals surface area contributed by atoms with Crippen LogP contribution in [0.4, 0.5) is 5.82 Å². The molecule has 1 heterocycles. The molecule has 12 heteroatoms. The Morgan fingerprint density at radius 1 is 1.03 bits per heavy atom. The largest absolute Gasteiger partial charge is 0.480 e. The van der Waals surface area contributed by atoms with Gasteiger partial charge in [-0.3, -0.25) is 9.59 Å². The Kier molecular flexibility index (Phi) is 7.70. The molecule has 0 saturated heterocycles. The molecule has 4 N–H and O–H groups in total. The predicted octanol–water partition coefficient (Wildman–Crippen LogP) is 3.41. The van der Waals surface area contributed by atoms with Gasteiger partial charge in [0.05, 0.1) is 15.6 Å². The zero-order valence-corrected chi connectivity index (χ0v) is 18.8. The molecule has 0 saturated carbocycles. The molecule has 170 valence electrons. The van der Waals surface area contributed by atoms with Gasteiger partial charge in [-0.25, -0.2) is 9.59 Å². The van der Waals surface area contributed by atoms with E-state index in [9.17, 15) is 24.3 Å². The number of nitrogens with zero attached hydrogens (tertiary/aromatic N) is 1. The number of benzene rings is 2. The minimum Gasteiger partial charge on any atom is -0.480 e. The Hall–Kier alpha value is -3.40. The van der Waals surface area contributed by atoms with Crippen molar-refractivity contribution in [1.82, 2.24) is 15.3 Å². The van der Waals surface area contributed by atoms with E-state index >= 15 is 0 Å². The van der Waals surface area contributed by atoms with Crippen LogP contribution in [-0.2, 0) is 11.2 Å². The molecule has 3 aromatic rings. The number of carbonyl (C=O) groups is 3. The molecular formula is C21H15Cl3N4O5. The third-order valence-corrected chi connectivity index (χ3v) is 5.29. The van der Waals surface area contributed by atoms with E-state index in [4.69, 9.17) is 34.8 Å². The summed E-state index contributed by atoms with van der Waals surface area (Å²) in [6.07, 6.45) is 0.887. The molecule has 1 atom stereocenters. The number of rotatable bonds is 7. The van der Waals surface area contributed by atoms with Crippen molar-refractivity contribution in [2.75, 3.05) is 5.32 Å². The van der Waals surface area contributed by atoms with Crippen molar-refractivity contribution >= 4 is 58.4 Å². The number of anilines is 1. The van der Waals surface area contributed by atoms with E-state index in [-0.39, 0.29) is 39.0 Å². The third-order valence-electron chi connectivity index (χ3n) is 4.42.